The summed E-state index contributed by atoms with van der Waals surface area (Å²) in [5, 5.41) is 10.3. The quantitative estimate of drug-likeness (QED) is 0.911. The molecule has 0 aliphatic carbocycles. The van der Waals surface area contributed by atoms with Crippen molar-refractivity contribution < 1.29 is 14.2 Å². The Labute approximate surface area is 118 Å². The van der Waals surface area contributed by atoms with E-state index in [0.717, 1.165) is 0 Å². The maximum atomic E-state index is 14.1. The smallest absolute Gasteiger partial charge is 0.171 e. The number of aliphatic hydroxyl groups is 1. The van der Waals surface area contributed by atoms with Crippen LogP contribution in [-0.4, -0.2) is 12.2 Å². The molecule has 3 heteroatoms. The second kappa shape index (κ2) is 6.06. The molecule has 0 fully saturated rings. The fraction of sp³-hybridized carbons (Fsp3) is 0.294. The van der Waals surface area contributed by atoms with Crippen LogP contribution in [0.5, 0.6) is 5.75 Å². The van der Waals surface area contributed by atoms with Gasteiger partial charge in [-0.05, 0) is 23.1 Å². The molecule has 1 atom stereocenters. The molecule has 0 radical (unpaired) electrons. The second-order valence-corrected chi connectivity index (χ2v) is 5.09. The lowest BCUT2D eigenvalue weighted by atomic mass is 9.96. The van der Waals surface area contributed by atoms with Gasteiger partial charge in [0.05, 0.1) is 7.11 Å². The minimum absolute atomic E-state index is 0.139. The van der Waals surface area contributed by atoms with E-state index < -0.39 is 11.9 Å². The minimum Gasteiger partial charge on any atom is -0.494 e. The average molecular weight is 274 g/mol. The molecular formula is C17H19FO2. The van der Waals surface area contributed by atoms with Crippen molar-refractivity contribution in [2.24, 2.45) is 0 Å². The van der Waals surface area contributed by atoms with E-state index in [1.807, 2.05) is 24.3 Å². The molecule has 2 nitrogen and oxygen atoms in total. The molecule has 20 heavy (non-hydrogen) atoms. The van der Waals surface area contributed by atoms with Crippen molar-refractivity contribution in [3.05, 3.63) is 65.0 Å². The molecule has 0 bridgehead atoms. The highest BCUT2D eigenvalue weighted by Crippen LogP contribution is 2.29. The summed E-state index contributed by atoms with van der Waals surface area (Å²) in [5.41, 5.74) is 2.08. The third-order valence-electron chi connectivity index (χ3n) is 3.43. The van der Waals surface area contributed by atoms with Gasteiger partial charge in [0, 0.05) is 5.56 Å². The van der Waals surface area contributed by atoms with Gasteiger partial charge in [0.2, 0.25) is 0 Å². The van der Waals surface area contributed by atoms with Crippen molar-refractivity contribution in [2.75, 3.05) is 7.11 Å². The topological polar surface area (TPSA) is 29.5 Å². The normalized spacial score (nSPS) is 12.5. The molecule has 0 aromatic heterocycles. The van der Waals surface area contributed by atoms with Crippen molar-refractivity contribution in [3.63, 3.8) is 0 Å². The summed E-state index contributed by atoms with van der Waals surface area (Å²) in [6.07, 6.45) is -0.994. The Morgan fingerprint density at radius 2 is 1.60 bits per heavy atom. The van der Waals surface area contributed by atoms with Crippen LogP contribution in [0.1, 0.15) is 42.6 Å². The lowest BCUT2D eigenvalue weighted by Gasteiger charge is -2.15. The average Bonchev–Trinajstić information content (AvgIpc) is 2.47. The Balaban J connectivity index is 2.33. The molecule has 2 aromatic rings. The zero-order chi connectivity index (χ0) is 14.7. The summed E-state index contributed by atoms with van der Waals surface area (Å²) < 4.78 is 19.1. The zero-order valence-corrected chi connectivity index (χ0v) is 11.9. The molecule has 106 valence electrons. The van der Waals surface area contributed by atoms with Gasteiger partial charge in [-0.15, -0.1) is 0 Å². The lowest BCUT2D eigenvalue weighted by Crippen LogP contribution is -2.04. The predicted molar refractivity (Wildman–Crippen MR) is 77.5 cm³/mol. The van der Waals surface area contributed by atoms with Gasteiger partial charge in [-0.25, -0.2) is 4.39 Å². The van der Waals surface area contributed by atoms with Crippen molar-refractivity contribution in [2.45, 2.75) is 25.9 Å². The fourth-order valence-electron chi connectivity index (χ4n) is 2.14. The number of hydrogen-bond acceptors (Lipinski definition) is 2. The first-order valence-corrected chi connectivity index (χ1v) is 6.65. The van der Waals surface area contributed by atoms with E-state index in [-0.39, 0.29) is 11.3 Å². The number of halogens is 1. The number of rotatable bonds is 4. The Morgan fingerprint density at radius 1 is 1.00 bits per heavy atom. The monoisotopic (exact) mass is 274 g/mol. The van der Waals surface area contributed by atoms with E-state index >= 15 is 0 Å². The van der Waals surface area contributed by atoms with Crippen LogP contribution < -0.4 is 4.74 Å². The van der Waals surface area contributed by atoms with Crippen molar-refractivity contribution >= 4 is 0 Å². The summed E-state index contributed by atoms with van der Waals surface area (Å²) in [5.74, 6) is 0.0468. The largest absolute Gasteiger partial charge is 0.494 e. The third kappa shape index (κ3) is 2.83. The predicted octanol–water partition coefficient (Wildman–Crippen LogP) is 4.04. The number of methoxy groups -OCH3 is 1. The minimum atomic E-state index is -0.994. The molecular weight excluding hydrogens is 255 g/mol. The van der Waals surface area contributed by atoms with Gasteiger partial charge in [-0.1, -0.05) is 50.2 Å². The molecule has 2 rings (SSSR count). The molecule has 1 unspecified atom stereocenters. The Kier molecular flexibility index (Phi) is 4.40. The molecule has 2 aromatic carbocycles. The maximum Gasteiger partial charge on any atom is 0.171 e. The van der Waals surface area contributed by atoms with Crippen LogP contribution in [0.2, 0.25) is 0 Å². The van der Waals surface area contributed by atoms with Gasteiger partial charge in [-0.2, -0.15) is 0 Å². The van der Waals surface area contributed by atoms with Crippen LogP contribution in [0, 0.1) is 5.82 Å². The van der Waals surface area contributed by atoms with Crippen molar-refractivity contribution in [1.29, 1.82) is 0 Å². The van der Waals surface area contributed by atoms with Gasteiger partial charge in [0.15, 0.2) is 11.6 Å². The summed E-state index contributed by atoms with van der Waals surface area (Å²) in [6.45, 7) is 4.21. The van der Waals surface area contributed by atoms with E-state index in [4.69, 9.17) is 4.74 Å². The van der Waals surface area contributed by atoms with Crippen LogP contribution in [0.15, 0.2) is 42.5 Å². The highest BCUT2D eigenvalue weighted by atomic mass is 19.1. The first-order chi connectivity index (χ1) is 9.54. The number of ether oxygens (including phenoxy) is 1. The Hall–Kier alpha value is -1.87. The molecule has 0 aliphatic rings. The summed E-state index contributed by atoms with van der Waals surface area (Å²) in [7, 11) is 1.41. The van der Waals surface area contributed by atoms with E-state index in [9.17, 15) is 9.50 Å². The summed E-state index contributed by atoms with van der Waals surface area (Å²) in [4.78, 5) is 0. The van der Waals surface area contributed by atoms with Gasteiger partial charge in [0.1, 0.15) is 6.10 Å². The SMILES string of the molecule is COc1cccc(C(O)c2ccc(C(C)C)cc2)c1F. The molecule has 0 saturated heterocycles. The molecule has 0 amide bonds. The second-order valence-electron chi connectivity index (χ2n) is 5.09. The zero-order valence-electron chi connectivity index (χ0n) is 11.9. The van der Waals surface area contributed by atoms with Crippen LogP contribution in [0.25, 0.3) is 0 Å². The van der Waals surface area contributed by atoms with Gasteiger partial charge in [-0.3, -0.25) is 0 Å². The summed E-state index contributed by atoms with van der Waals surface area (Å²) in [6, 6.07) is 12.4. The molecule has 1 N–H and O–H groups in total. The standard InChI is InChI=1S/C17H19FO2/c1-11(2)12-7-9-13(10-8-12)17(19)14-5-4-6-15(20-3)16(14)18/h4-11,17,19H,1-3H3. The molecule has 0 heterocycles. The van der Waals surface area contributed by atoms with Crippen molar-refractivity contribution in [1.82, 2.24) is 0 Å². The molecule has 0 spiro atoms. The van der Waals surface area contributed by atoms with E-state index in [1.54, 1.807) is 12.1 Å². The Bertz CT molecular complexity index is 576. The molecule has 0 aliphatic heterocycles. The third-order valence-corrected chi connectivity index (χ3v) is 3.43. The van der Waals surface area contributed by atoms with Gasteiger partial charge < -0.3 is 9.84 Å². The fourth-order valence-corrected chi connectivity index (χ4v) is 2.14. The number of hydrogen-bond donors (Lipinski definition) is 1. The van der Waals surface area contributed by atoms with Gasteiger partial charge >= 0.3 is 0 Å². The highest BCUT2D eigenvalue weighted by molar-refractivity contribution is 5.38. The first-order valence-electron chi connectivity index (χ1n) is 6.65. The number of aliphatic hydroxyl groups excluding tert-OH is 1. The molecule has 0 saturated carbocycles. The van der Waals surface area contributed by atoms with E-state index in [2.05, 4.69) is 13.8 Å². The highest BCUT2D eigenvalue weighted by Gasteiger charge is 2.17. The van der Waals surface area contributed by atoms with E-state index in [1.165, 1.54) is 18.7 Å². The Morgan fingerprint density at radius 3 is 2.15 bits per heavy atom. The van der Waals surface area contributed by atoms with Gasteiger partial charge in [0.25, 0.3) is 0 Å². The van der Waals surface area contributed by atoms with Crippen molar-refractivity contribution in [3.8, 4) is 5.75 Å². The number of benzene rings is 2. The lowest BCUT2D eigenvalue weighted by molar-refractivity contribution is 0.213. The van der Waals surface area contributed by atoms with Crippen LogP contribution in [-0.2, 0) is 0 Å². The van der Waals surface area contributed by atoms with Crippen LogP contribution in [0.3, 0.4) is 0 Å². The maximum absolute atomic E-state index is 14.1. The van der Waals surface area contributed by atoms with Crippen LogP contribution >= 0.6 is 0 Å². The summed E-state index contributed by atoms with van der Waals surface area (Å²) >= 11 is 0. The van der Waals surface area contributed by atoms with E-state index in [0.29, 0.717) is 11.5 Å². The van der Waals surface area contributed by atoms with Crippen LogP contribution in [0.4, 0.5) is 4.39 Å². The first kappa shape index (κ1) is 14.5.